The maximum absolute atomic E-state index is 12.4. The first-order valence-corrected chi connectivity index (χ1v) is 9.82. The Kier molecular flexibility index (Phi) is 4.62. The fraction of sp³-hybridized carbons (Fsp3) is 0.312. The number of amides is 1. The minimum atomic E-state index is -3.64. The molecule has 24 heavy (non-hydrogen) atoms. The molecule has 0 aliphatic carbocycles. The number of benzene rings is 1. The van der Waals surface area contributed by atoms with Gasteiger partial charge in [0.15, 0.2) is 0 Å². The van der Waals surface area contributed by atoms with Crippen LogP contribution in [0.2, 0.25) is 0 Å². The minimum absolute atomic E-state index is 0.0449. The van der Waals surface area contributed by atoms with Crippen LogP contribution < -0.4 is 9.62 Å². The molecule has 8 heteroatoms. The lowest BCUT2D eigenvalue weighted by atomic mass is 10.2. The number of ether oxygens (including phenoxy) is 1. The van der Waals surface area contributed by atoms with Crippen molar-refractivity contribution in [3.63, 3.8) is 0 Å². The molecule has 1 N–H and O–H groups in total. The van der Waals surface area contributed by atoms with Gasteiger partial charge in [0.05, 0.1) is 11.4 Å². The van der Waals surface area contributed by atoms with E-state index >= 15 is 0 Å². The van der Waals surface area contributed by atoms with Crippen LogP contribution in [0.5, 0.6) is 0 Å². The highest BCUT2D eigenvalue weighted by Gasteiger charge is 2.33. The van der Waals surface area contributed by atoms with Gasteiger partial charge < -0.3 is 4.74 Å². The molecule has 128 valence electrons. The Labute approximate surface area is 145 Å². The molecule has 3 rings (SSSR count). The minimum Gasteiger partial charge on any atom is -0.443 e. The van der Waals surface area contributed by atoms with Gasteiger partial charge in [0.1, 0.15) is 11.1 Å². The molecule has 2 aromatic rings. The molecule has 1 aliphatic heterocycles. The van der Waals surface area contributed by atoms with E-state index in [4.69, 9.17) is 4.74 Å². The number of aryl methyl sites for hydroxylation is 2. The largest absolute Gasteiger partial charge is 0.443 e. The SMILES string of the molecule is Cc1ccc(S(=O)(=O)NCC2CN(c3cccs3)C(=O)O2)c(C)c1. The molecule has 0 spiro atoms. The standard InChI is InChI=1S/C16H18N2O4S2/c1-11-5-6-14(12(2)8-11)24(20,21)17-9-13-10-18(16(19)22-13)15-4-3-7-23-15/h3-8,13,17H,9-10H2,1-2H3. The number of hydrogen-bond donors (Lipinski definition) is 1. The van der Waals surface area contributed by atoms with Crippen molar-refractivity contribution in [3.8, 4) is 0 Å². The van der Waals surface area contributed by atoms with Crippen molar-refractivity contribution in [1.29, 1.82) is 0 Å². The molecular formula is C16H18N2O4S2. The van der Waals surface area contributed by atoms with E-state index in [-0.39, 0.29) is 11.4 Å². The number of hydrogen-bond acceptors (Lipinski definition) is 5. The van der Waals surface area contributed by atoms with Gasteiger partial charge in [0.25, 0.3) is 0 Å². The second kappa shape index (κ2) is 6.54. The predicted molar refractivity (Wildman–Crippen MR) is 93.0 cm³/mol. The molecule has 0 radical (unpaired) electrons. The summed E-state index contributed by atoms with van der Waals surface area (Å²) in [6, 6.07) is 8.85. The Bertz CT molecular complexity index is 847. The number of thiophene rings is 1. The highest BCUT2D eigenvalue weighted by molar-refractivity contribution is 7.89. The van der Waals surface area contributed by atoms with Crippen LogP contribution in [0, 0.1) is 13.8 Å². The fourth-order valence-corrected chi connectivity index (χ4v) is 4.63. The highest BCUT2D eigenvalue weighted by atomic mass is 32.2. The van der Waals surface area contributed by atoms with E-state index in [0.717, 1.165) is 10.6 Å². The van der Waals surface area contributed by atoms with Gasteiger partial charge >= 0.3 is 6.09 Å². The summed E-state index contributed by atoms with van der Waals surface area (Å²) in [7, 11) is -3.64. The average Bonchev–Trinajstić information content (AvgIpc) is 3.14. The summed E-state index contributed by atoms with van der Waals surface area (Å²) in [5.41, 5.74) is 1.69. The van der Waals surface area contributed by atoms with E-state index in [9.17, 15) is 13.2 Å². The summed E-state index contributed by atoms with van der Waals surface area (Å²) >= 11 is 1.44. The second-order valence-electron chi connectivity index (χ2n) is 5.69. The summed E-state index contributed by atoms with van der Waals surface area (Å²) < 4.78 is 32.7. The van der Waals surface area contributed by atoms with Crippen LogP contribution in [0.3, 0.4) is 0 Å². The zero-order chi connectivity index (χ0) is 17.3. The number of sulfonamides is 1. The Hall–Kier alpha value is -1.90. The van der Waals surface area contributed by atoms with Crippen molar-refractivity contribution in [2.24, 2.45) is 0 Å². The van der Waals surface area contributed by atoms with Gasteiger partial charge in [0, 0.05) is 6.54 Å². The van der Waals surface area contributed by atoms with E-state index in [1.165, 1.54) is 16.2 Å². The van der Waals surface area contributed by atoms with Crippen molar-refractivity contribution in [2.45, 2.75) is 24.8 Å². The molecular weight excluding hydrogens is 348 g/mol. The number of nitrogens with one attached hydrogen (secondary N) is 1. The molecule has 0 bridgehead atoms. The number of anilines is 1. The zero-order valence-corrected chi connectivity index (χ0v) is 15.0. The van der Waals surface area contributed by atoms with Gasteiger partial charge in [-0.2, -0.15) is 0 Å². The van der Waals surface area contributed by atoms with Crippen LogP contribution >= 0.6 is 11.3 Å². The van der Waals surface area contributed by atoms with Crippen LogP contribution in [0.4, 0.5) is 9.80 Å². The summed E-state index contributed by atoms with van der Waals surface area (Å²) in [5.74, 6) is 0. The van der Waals surface area contributed by atoms with Gasteiger partial charge in [-0.3, -0.25) is 4.90 Å². The van der Waals surface area contributed by atoms with E-state index in [1.54, 1.807) is 19.1 Å². The van der Waals surface area contributed by atoms with Crippen LogP contribution in [0.15, 0.2) is 40.6 Å². The summed E-state index contributed by atoms with van der Waals surface area (Å²) in [6.45, 7) is 4.04. The topological polar surface area (TPSA) is 75.7 Å². The molecule has 1 aromatic heterocycles. The number of carbonyl (C=O) groups excluding carboxylic acids is 1. The Balaban J connectivity index is 1.66. The Morgan fingerprint density at radius 3 is 2.79 bits per heavy atom. The van der Waals surface area contributed by atoms with Crippen LogP contribution in [-0.4, -0.2) is 33.7 Å². The van der Waals surface area contributed by atoms with Crippen molar-refractivity contribution >= 4 is 32.5 Å². The molecule has 2 heterocycles. The molecule has 0 saturated carbocycles. The van der Waals surface area contributed by atoms with Gasteiger partial charge in [-0.1, -0.05) is 17.7 Å². The average molecular weight is 366 g/mol. The van der Waals surface area contributed by atoms with Gasteiger partial charge in [0.2, 0.25) is 10.0 Å². The number of cyclic esters (lactones) is 1. The lowest BCUT2D eigenvalue weighted by Gasteiger charge is -2.13. The normalized spacial score (nSPS) is 18.0. The number of carbonyl (C=O) groups is 1. The lowest BCUT2D eigenvalue weighted by molar-refractivity contribution is 0.143. The van der Waals surface area contributed by atoms with Gasteiger partial charge in [-0.05, 0) is 43.0 Å². The first kappa shape index (κ1) is 16.9. The number of rotatable bonds is 5. The third-order valence-corrected chi connectivity index (χ3v) is 6.24. The first-order valence-electron chi connectivity index (χ1n) is 7.45. The smallest absolute Gasteiger partial charge is 0.415 e. The second-order valence-corrected chi connectivity index (χ2v) is 8.35. The van der Waals surface area contributed by atoms with E-state index in [1.807, 2.05) is 30.5 Å². The summed E-state index contributed by atoms with van der Waals surface area (Å²) in [6.07, 6.45) is -0.965. The van der Waals surface area contributed by atoms with Crippen molar-refractivity contribution in [3.05, 3.63) is 46.8 Å². The maximum Gasteiger partial charge on any atom is 0.415 e. The zero-order valence-electron chi connectivity index (χ0n) is 13.4. The van der Waals surface area contributed by atoms with Crippen molar-refractivity contribution < 1.29 is 17.9 Å². The van der Waals surface area contributed by atoms with Crippen LogP contribution in [0.25, 0.3) is 0 Å². The molecule has 1 aliphatic rings. The van der Waals surface area contributed by atoms with Gasteiger partial charge in [-0.25, -0.2) is 17.9 Å². The van der Waals surface area contributed by atoms with E-state index in [0.29, 0.717) is 12.1 Å². The monoisotopic (exact) mass is 366 g/mol. The highest BCUT2D eigenvalue weighted by Crippen LogP contribution is 2.26. The maximum atomic E-state index is 12.4. The third kappa shape index (κ3) is 3.45. The molecule has 1 amide bonds. The third-order valence-electron chi connectivity index (χ3n) is 3.77. The molecule has 1 unspecified atom stereocenters. The Morgan fingerprint density at radius 2 is 2.12 bits per heavy atom. The molecule has 1 aromatic carbocycles. The molecule has 1 fully saturated rings. The molecule has 1 saturated heterocycles. The quantitative estimate of drug-likeness (QED) is 0.883. The summed E-state index contributed by atoms with van der Waals surface area (Å²) in [4.78, 5) is 13.7. The lowest BCUT2D eigenvalue weighted by Crippen LogP contribution is -2.34. The van der Waals surface area contributed by atoms with E-state index in [2.05, 4.69) is 4.72 Å². The molecule has 1 atom stereocenters. The number of nitrogens with zero attached hydrogens (tertiary/aromatic N) is 1. The van der Waals surface area contributed by atoms with Crippen LogP contribution in [-0.2, 0) is 14.8 Å². The van der Waals surface area contributed by atoms with E-state index < -0.39 is 22.2 Å². The molecule has 6 nitrogen and oxygen atoms in total. The predicted octanol–water partition coefficient (Wildman–Crippen LogP) is 2.67. The van der Waals surface area contributed by atoms with Crippen LogP contribution in [0.1, 0.15) is 11.1 Å². The Morgan fingerprint density at radius 1 is 1.33 bits per heavy atom. The first-order chi connectivity index (χ1) is 11.4. The van der Waals surface area contributed by atoms with Crippen molar-refractivity contribution in [1.82, 2.24) is 4.72 Å². The summed E-state index contributed by atoms with van der Waals surface area (Å²) in [5, 5.41) is 2.67. The van der Waals surface area contributed by atoms with Crippen molar-refractivity contribution in [2.75, 3.05) is 18.0 Å². The van der Waals surface area contributed by atoms with Gasteiger partial charge in [-0.15, -0.1) is 11.3 Å². The fourth-order valence-electron chi connectivity index (χ4n) is 2.61.